The molecule has 0 radical (unpaired) electrons. The molecule has 128 valence electrons. The number of hydrogen-bond acceptors (Lipinski definition) is 2. The van der Waals surface area contributed by atoms with Gasteiger partial charge in [0.25, 0.3) is 0 Å². The van der Waals surface area contributed by atoms with Crippen molar-refractivity contribution >= 4 is 6.09 Å². The van der Waals surface area contributed by atoms with Gasteiger partial charge in [0.15, 0.2) is 0 Å². The number of ether oxygens (including phenoxy) is 1. The molecule has 1 amide bonds. The first-order valence-electron chi connectivity index (χ1n) is 8.95. The van der Waals surface area contributed by atoms with Crippen molar-refractivity contribution < 1.29 is 9.53 Å². The van der Waals surface area contributed by atoms with Gasteiger partial charge in [0.1, 0.15) is 6.61 Å². The lowest BCUT2D eigenvalue weighted by Crippen LogP contribution is -2.43. The zero-order valence-electron chi connectivity index (χ0n) is 14.7. The summed E-state index contributed by atoms with van der Waals surface area (Å²) in [7, 11) is 0. The van der Waals surface area contributed by atoms with Gasteiger partial charge in [0.05, 0.1) is 6.04 Å². The molecule has 2 bridgehead atoms. The highest BCUT2D eigenvalue weighted by atomic mass is 16.6. The number of fused-ring (bicyclic) bond motifs is 2. The Morgan fingerprint density at radius 3 is 2.75 bits per heavy atom. The average Bonchev–Trinajstić information content (AvgIpc) is 2.84. The van der Waals surface area contributed by atoms with Gasteiger partial charge in [-0.05, 0) is 51.5 Å². The molecule has 2 atom stereocenters. The van der Waals surface area contributed by atoms with E-state index < -0.39 is 0 Å². The van der Waals surface area contributed by atoms with Gasteiger partial charge >= 0.3 is 6.09 Å². The van der Waals surface area contributed by atoms with Crippen molar-refractivity contribution in [1.82, 2.24) is 4.90 Å². The SMILES string of the molecule is CC(C)=CCCC1=CC2CCC(C1)N2C(=O)OCc1ccccc1. The number of rotatable bonds is 5. The minimum absolute atomic E-state index is 0.161. The molecule has 2 aliphatic heterocycles. The van der Waals surface area contributed by atoms with Crippen LogP contribution in [-0.4, -0.2) is 23.1 Å². The number of allylic oxidation sites excluding steroid dienone is 2. The third kappa shape index (κ3) is 4.08. The number of carbonyl (C=O) groups is 1. The van der Waals surface area contributed by atoms with Crippen LogP contribution < -0.4 is 0 Å². The van der Waals surface area contributed by atoms with E-state index in [1.54, 1.807) is 0 Å². The van der Waals surface area contributed by atoms with E-state index in [0.717, 1.165) is 37.7 Å². The molecular weight excluding hydrogens is 298 g/mol. The number of hydrogen-bond donors (Lipinski definition) is 0. The minimum atomic E-state index is -0.161. The smallest absolute Gasteiger partial charge is 0.410 e. The molecule has 0 aliphatic carbocycles. The van der Waals surface area contributed by atoms with Gasteiger partial charge in [-0.25, -0.2) is 4.79 Å². The largest absolute Gasteiger partial charge is 0.445 e. The van der Waals surface area contributed by atoms with E-state index >= 15 is 0 Å². The zero-order valence-corrected chi connectivity index (χ0v) is 14.7. The van der Waals surface area contributed by atoms with Crippen LogP contribution in [0.3, 0.4) is 0 Å². The molecule has 1 aromatic carbocycles. The summed E-state index contributed by atoms with van der Waals surface area (Å²) in [5.41, 5.74) is 3.92. The molecule has 1 aromatic rings. The second-order valence-corrected chi connectivity index (χ2v) is 7.10. The first-order chi connectivity index (χ1) is 11.6. The van der Waals surface area contributed by atoms with E-state index in [1.165, 1.54) is 11.1 Å². The highest BCUT2D eigenvalue weighted by Crippen LogP contribution is 2.36. The van der Waals surface area contributed by atoms with Gasteiger partial charge in [0.2, 0.25) is 0 Å². The first kappa shape index (κ1) is 16.8. The molecule has 0 N–H and O–H groups in total. The molecule has 1 saturated heterocycles. The van der Waals surface area contributed by atoms with Crippen LogP contribution in [0.5, 0.6) is 0 Å². The summed E-state index contributed by atoms with van der Waals surface area (Å²) in [6, 6.07) is 10.4. The second kappa shape index (κ2) is 7.69. The van der Waals surface area contributed by atoms with Crippen LogP contribution in [0, 0.1) is 0 Å². The Hall–Kier alpha value is -2.03. The van der Waals surface area contributed by atoms with Crippen LogP contribution in [0.25, 0.3) is 0 Å². The third-order valence-electron chi connectivity index (χ3n) is 4.91. The third-order valence-corrected chi connectivity index (χ3v) is 4.91. The second-order valence-electron chi connectivity index (χ2n) is 7.10. The van der Waals surface area contributed by atoms with Gasteiger partial charge in [-0.2, -0.15) is 0 Å². The lowest BCUT2D eigenvalue weighted by Gasteiger charge is -2.33. The van der Waals surface area contributed by atoms with Gasteiger partial charge in [0, 0.05) is 6.04 Å². The van der Waals surface area contributed by atoms with Gasteiger partial charge in [-0.3, -0.25) is 4.90 Å². The standard InChI is InChI=1S/C21H27NO2/c1-16(2)7-6-10-18-13-19-11-12-20(14-18)22(19)21(23)24-15-17-8-4-3-5-9-17/h3-5,7-9,13,19-20H,6,10-12,14-15H2,1-2H3. The quantitative estimate of drug-likeness (QED) is 0.693. The van der Waals surface area contributed by atoms with Crippen molar-refractivity contribution in [2.75, 3.05) is 0 Å². The predicted octanol–water partition coefficient (Wildman–Crippen LogP) is 5.23. The van der Waals surface area contributed by atoms with E-state index in [-0.39, 0.29) is 12.1 Å². The molecular formula is C21H27NO2. The highest BCUT2D eigenvalue weighted by Gasteiger charge is 2.40. The lowest BCUT2D eigenvalue weighted by atomic mass is 9.97. The molecule has 3 nitrogen and oxygen atoms in total. The maximum atomic E-state index is 12.5. The summed E-state index contributed by atoms with van der Waals surface area (Å²) >= 11 is 0. The van der Waals surface area contributed by atoms with Crippen LogP contribution >= 0.6 is 0 Å². The number of nitrogens with zero attached hydrogens (tertiary/aromatic N) is 1. The Morgan fingerprint density at radius 1 is 1.25 bits per heavy atom. The fourth-order valence-electron chi connectivity index (χ4n) is 3.73. The number of benzene rings is 1. The van der Waals surface area contributed by atoms with Crippen molar-refractivity contribution in [3.63, 3.8) is 0 Å². The molecule has 24 heavy (non-hydrogen) atoms. The van der Waals surface area contributed by atoms with Crippen molar-refractivity contribution in [2.24, 2.45) is 0 Å². The summed E-state index contributed by atoms with van der Waals surface area (Å²) in [4.78, 5) is 14.5. The fraction of sp³-hybridized carbons (Fsp3) is 0.476. The molecule has 0 saturated carbocycles. The maximum Gasteiger partial charge on any atom is 0.410 e. The van der Waals surface area contributed by atoms with Gasteiger partial charge < -0.3 is 4.74 Å². The van der Waals surface area contributed by atoms with Crippen LogP contribution in [0.15, 0.2) is 53.6 Å². The van der Waals surface area contributed by atoms with E-state index in [9.17, 15) is 4.79 Å². The molecule has 3 heteroatoms. The molecule has 0 aromatic heterocycles. The Labute approximate surface area is 145 Å². The van der Waals surface area contributed by atoms with Crippen molar-refractivity contribution in [3.05, 3.63) is 59.2 Å². The molecule has 2 heterocycles. The lowest BCUT2D eigenvalue weighted by molar-refractivity contribution is 0.0815. The number of amides is 1. The van der Waals surface area contributed by atoms with Gasteiger partial charge in [-0.1, -0.05) is 53.6 Å². The summed E-state index contributed by atoms with van der Waals surface area (Å²) in [5.74, 6) is 0. The Morgan fingerprint density at radius 2 is 2.04 bits per heavy atom. The van der Waals surface area contributed by atoms with Crippen molar-refractivity contribution in [1.29, 1.82) is 0 Å². The fourth-order valence-corrected chi connectivity index (χ4v) is 3.73. The Balaban J connectivity index is 1.56. The molecule has 0 spiro atoms. The van der Waals surface area contributed by atoms with E-state index in [1.807, 2.05) is 35.2 Å². The molecule has 1 fully saturated rings. The average molecular weight is 325 g/mol. The van der Waals surface area contributed by atoms with Crippen molar-refractivity contribution in [3.8, 4) is 0 Å². The Kier molecular flexibility index (Phi) is 5.39. The van der Waals surface area contributed by atoms with Gasteiger partial charge in [-0.15, -0.1) is 0 Å². The van der Waals surface area contributed by atoms with Crippen LogP contribution in [0.2, 0.25) is 0 Å². The summed E-state index contributed by atoms with van der Waals surface area (Å²) < 4.78 is 5.54. The number of carbonyl (C=O) groups excluding carboxylic acids is 1. The summed E-state index contributed by atoms with van der Waals surface area (Å²) in [5, 5.41) is 0. The van der Waals surface area contributed by atoms with Crippen LogP contribution in [0.4, 0.5) is 4.79 Å². The molecule has 2 aliphatic rings. The van der Waals surface area contributed by atoms with Crippen LogP contribution in [0.1, 0.15) is 51.5 Å². The predicted molar refractivity (Wildman–Crippen MR) is 96.6 cm³/mol. The zero-order chi connectivity index (χ0) is 16.9. The topological polar surface area (TPSA) is 29.5 Å². The van der Waals surface area contributed by atoms with Crippen molar-refractivity contribution in [2.45, 2.75) is 64.6 Å². The van der Waals surface area contributed by atoms with Crippen LogP contribution in [-0.2, 0) is 11.3 Å². The molecule has 2 unspecified atom stereocenters. The maximum absolute atomic E-state index is 12.5. The first-order valence-corrected chi connectivity index (χ1v) is 8.95. The van der Waals surface area contributed by atoms with E-state index in [0.29, 0.717) is 12.6 Å². The summed E-state index contributed by atoms with van der Waals surface area (Å²) in [6.45, 7) is 4.64. The molecule has 3 rings (SSSR count). The Bertz CT molecular complexity index is 628. The minimum Gasteiger partial charge on any atom is -0.445 e. The van der Waals surface area contributed by atoms with E-state index in [2.05, 4.69) is 26.0 Å². The monoisotopic (exact) mass is 325 g/mol. The van der Waals surface area contributed by atoms with E-state index in [4.69, 9.17) is 4.74 Å². The highest BCUT2D eigenvalue weighted by molar-refractivity contribution is 5.70. The summed E-state index contributed by atoms with van der Waals surface area (Å²) in [6.07, 6.45) is 9.83. The normalized spacial score (nSPS) is 22.1.